The lowest BCUT2D eigenvalue weighted by molar-refractivity contribution is -0.103. The Kier molecular flexibility index (Phi) is 14.2. The van der Waals surface area contributed by atoms with E-state index in [-0.39, 0.29) is 29.1 Å². The highest BCUT2D eigenvalue weighted by Crippen LogP contribution is 2.34. The molecule has 0 radical (unpaired) electrons. The molecule has 2 aliphatic carbocycles. The van der Waals surface area contributed by atoms with Crippen molar-refractivity contribution < 1.29 is 14.3 Å². The third-order valence-corrected chi connectivity index (χ3v) is 14.5. The van der Waals surface area contributed by atoms with Gasteiger partial charge in [-0.2, -0.15) is 0 Å². The van der Waals surface area contributed by atoms with Crippen LogP contribution in [0.3, 0.4) is 0 Å². The fourth-order valence-electron chi connectivity index (χ4n) is 10.8. The zero-order chi connectivity index (χ0) is 50.6. The number of hydrogen-bond donors (Lipinski definition) is 7. The molecule has 7 N–H and O–H groups in total. The molecule has 13 rings (SSSR count). The summed E-state index contributed by atoms with van der Waals surface area (Å²) >= 11 is 0. The number of likely N-dealkylation sites (tertiary alicyclic amines) is 2. The van der Waals surface area contributed by atoms with Gasteiger partial charge in [0.2, 0.25) is 0 Å². The number of imidazole rings is 3. The Balaban J connectivity index is 0.000000116. The molecular formula is C58H63N9O6. The van der Waals surface area contributed by atoms with E-state index in [2.05, 4.69) is 101 Å². The summed E-state index contributed by atoms with van der Waals surface area (Å²) in [6, 6.07) is 35.1. The fourth-order valence-corrected chi connectivity index (χ4v) is 10.8. The first-order valence-electron chi connectivity index (χ1n) is 25.4. The lowest BCUT2D eigenvalue weighted by atomic mass is 9.98. The number of aldehydes is 1. The van der Waals surface area contributed by atoms with E-state index in [1.54, 1.807) is 4.90 Å². The van der Waals surface area contributed by atoms with Crippen molar-refractivity contribution in [3.05, 3.63) is 186 Å². The van der Waals surface area contributed by atoms with Crippen LogP contribution in [0.1, 0.15) is 96.7 Å². The molecule has 3 saturated heterocycles. The lowest BCUT2D eigenvalue weighted by Crippen LogP contribution is -2.35. The van der Waals surface area contributed by atoms with Crippen LogP contribution >= 0.6 is 0 Å². The number of carbonyl (C=O) groups is 2. The van der Waals surface area contributed by atoms with Crippen LogP contribution in [0.2, 0.25) is 0 Å². The Hall–Kier alpha value is -7.75. The summed E-state index contributed by atoms with van der Waals surface area (Å²) in [5.74, 6) is 1.41. The highest BCUT2D eigenvalue weighted by atomic mass is 16.6. The molecule has 15 heteroatoms. The fraction of sp³-hybridized carbons (Fsp3) is 0.328. The van der Waals surface area contributed by atoms with E-state index >= 15 is 0 Å². The molecule has 0 bridgehead atoms. The molecule has 73 heavy (non-hydrogen) atoms. The van der Waals surface area contributed by atoms with Gasteiger partial charge in [0.15, 0.2) is 0 Å². The minimum Gasteiger partial charge on any atom is -0.444 e. The number of hydrogen-bond acceptors (Lipinski definition) is 8. The van der Waals surface area contributed by atoms with Crippen LogP contribution in [0.25, 0.3) is 44.2 Å². The van der Waals surface area contributed by atoms with Crippen LogP contribution in [0, 0.1) is 0 Å². The zero-order valence-electron chi connectivity index (χ0n) is 41.6. The number of H-pyrrole nitrogens is 6. The van der Waals surface area contributed by atoms with Gasteiger partial charge < -0.3 is 44.9 Å². The Morgan fingerprint density at radius 1 is 0.603 bits per heavy atom. The quantitative estimate of drug-likeness (QED) is 0.0801. The van der Waals surface area contributed by atoms with Gasteiger partial charge in [0.05, 0.1) is 33.1 Å². The summed E-state index contributed by atoms with van der Waals surface area (Å²) in [7, 11) is 0. The number of fused-ring (bicyclic) bond motifs is 5. The van der Waals surface area contributed by atoms with Gasteiger partial charge in [0.1, 0.15) is 11.9 Å². The average molecular weight is 982 g/mol. The van der Waals surface area contributed by atoms with Crippen molar-refractivity contribution in [3.8, 4) is 0 Å². The average Bonchev–Trinajstić information content (AvgIpc) is 4.24. The molecule has 5 aromatic carbocycles. The van der Waals surface area contributed by atoms with E-state index < -0.39 is 5.60 Å². The van der Waals surface area contributed by atoms with Gasteiger partial charge in [0.25, 0.3) is 0 Å². The van der Waals surface area contributed by atoms with Gasteiger partial charge in [-0.15, -0.1) is 0 Å². The predicted octanol–water partition coefficient (Wildman–Crippen LogP) is 8.62. The normalized spacial score (nSPS) is 19.1. The monoisotopic (exact) mass is 981 g/mol. The number of amides is 1. The van der Waals surface area contributed by atoms with Crippen LogP contribution < -0.4 is 22.4 Å². The molecule has 8 aromatic rings. The first-order chi connectivity index (χ1) is 35.3. The number of allylic oxidation sites excluding steroid dienone is 3. The number of nitrogens with one attached hydrogen (secondary N) is 7. The first-order valence-corrected chi connectivity index (χ1v) is 25.4. The van der Waals surface area contributed by atoms with Crippen molar-refractivity contribution >= 4 is 56.6 Å². The van der Waals surface area contributed by atoms with Gasteiger partial charge in [0, 0.05) is 44.2 Å². The molecular weight excluding hydrogens is 919 g/mol. The summed E-state index contributed by atoms with van der Waals surface area (Å²) in [6.45, 7) is 12.3. The number of aromatic nitrogens is 6. The van der Waals surface area contributed by atoms with Crippen LogP contribution in [-0.4, -0.2) is 103 Å². The zero-order valence-corrected chi connectivity index (χ0v) is 41.6. The Labute approximate surface area is 422 Å². The number of carbonyl (C=O) groups excluding carboxylic acids is 2. The van der Waals surface area contributed by atoms with Crippen molar-refractivity contribution in [3.63, 3.8) is 0 Å². The molecule has 1 amide bonds. The van der Waals surface area contributed by atoms with Gasteiger partial charge >= 0.3 is 23.2 Å². The van der Waals surface area contributed by atoms with E-state index in [4.69, 9.17) is 4.74 Å². The molecule has 0 saturated carbocycles. The standard InChI is InChI=1S/C21H21N3O.C16H21N3O3.C11H13N3O.C10H8O/c25-21-22-19-8-7-15(11-20(19)23-21)16-9-10-24(12-16)13-17-6-5-14-3-1-2-4-18(14)17;1-16(2,3)22-15(21)19-7-6-11(9-19)10-4-5-12-13(8-10)18-14(20)17-12;15-11-13-9-2-1-7(5-10(9)14-11)8-3-4-12-6-8;11-7-9-6-5-8-3-1-2-4-10(8)9/h1-4,6-8,11,16H,5,9-10,12-13H2,(H2,22,23,25);4-5,8,11H,6-7,9H2,1-3H3,(H2,17,18,20);1-2,5,8,12H,3-4,6H2,(H2,13,14,15);1-4,6-7H,5H2. The van der Waals surface area contributed by atoms with Gasteiger partial charge in [-0.05, 0) is 159 Å². The molecule has 376 valence electrons. The van der Waals surface area contributed by atoms with Crippen LogP contribution in [-0.2, 0) is 22.4 Å². The van der Waals surface area contributed by atoms with E-state index in [0.29, 0.717) is 24.9 Å². The van der Waals surface area contributed by atoms with Crippen LogP contribution in [0.5, 0.6) is 0 Å². The molecule has 0 spiro atoms. The summed E-state index contributed by atoms with van der Waals surface area (Å²) in [6.07, 6.45) is 10.3. The number of rotatable bonds is 6. The maximum absolute atomic E-state index is 12.1. The van der Waals surface area contributed by atoms with Crippen molar-refractivity contribution in [2.45, 2.75) is 76.2 Å². The molecule has 3 aliphatic heterocycles. The summed E-state index contributed by atoms with van der Waals surface area (Å²) in [4.78, 5) is 77.5. The van der Waals surface area contributed by atoms with Crippen molar-refractivity contribution in [2.75, 3.05) is 45.8 Å². The Morgan fingerprint density at radius 2 is 1.11 bits per heavy atom. The molecule has 6 heterocycles. The first kappa shape index (κ1) is 48.9. The number of ether oxygens (including phenoxy) is 1. The minimum absolute atomic E-state index is 0.132. The maximum atomic E-state index is 12.1. The van der Waals surface area contributed by atoms with E-state index in [9.17, 15) is 24.0 Å². The van der Waals surface area contributed by atoms with Crippen LogP contribution in [0.15, 0.2) is 130 Å². The van der Waals surface area contributed by atoms with Gasteiger partial charge in [-0.25, -0.2) is 19.2 Å². The third-order valence-electron chi connectivity index (χ3n) is 14.5. The molecule has 3 unspecified atom stereocenters. The lowest BCUT2D eigenvalue weighted by Gasteiger charge is -2.24. The number of benzene rings is 5. The molecule has 3 atom stereocenters. The molecule has 3 fully saturated rings. The molecule has 3 aromatic heterocycles. The molecule has 15 nitrogen and oxygen atoms in total. The summed E-state index contributed by atoms with van der Waals surface area (Å²) in [5, 5.41) is 3.34. The minimum atomic E-state index is -0.474. The van der Waals surface area contributed by atoms with E-state index in [1.807, 2.05) is 75.4 Å². The van der Waals surface area contributed by atoms with E-state index in [0.717, 1.165) is 108 Å². The number of aromatic amines is 6. The second kappa shape index (κ2) is 21.1. The predicted molar refractivity (Wildman–Crippen MR) is 288 cm³/mol. The molecule has 5 aliphatic rings. The van der Waals surface area contributed by atoms with Crippen LogP contribution in [0.4, 0.5) is 4.79 Å². The number of nitrogens with zero attached hydrogens (tertiary/aromatic N) is 2. The topological polar surface area (TPSA) is 208 Å². The highest BCUT2D eigenvalue weighted by Gasteiger charge is 2.31. The third kappa shape index (κ3) is 11.5. The highest BCUT2D eigenvalue weighted by molar-refractivity contribution is 6.09. The smallest absolute Gasteiger partial charge is 0.410 e. The Morgan fingerprint density at radius 3 is 1.67 bits per heavy atom. The van der Waals surface area contributed by atoms with E-state index in [1.165, 1.54) is 46.2 Å². The van der Waals surface area contributed by atoms with Gasteiger partial charge in [-0.3, -0.25) is 9.69 Å². The van der Waals surface area contributed by atoms with Crippen molar-refractivity contribution in [2.24, 2.45) is 0 Å². The Bertz CT molecular complexity index is 3540. The maximum Gasteiger partial charge on any atom is 0.410 e. The summed E-state index contributed by atoms with van der Waals surface area (Å²) in [5.41, 5.74) is 15.6. The summed E-state index contributed by atoms with van der Waals surface area (Å²) < 4.78 is 5.41. The van der Waals surface area contributed by atoms with Crippen molar-refractivity contribution in [1.29, 1.82) is 0 Å². The second-order valence-electron chi connectivity index (χ2n) is 20.7. The largest absolute Gasteiger partial charge is 0.444 e. The van der Waals surface area contributed by atoms with Crippen molar-refractivity contribution in [1.82, 2.24) is 45.0 Å². The SMILES string of the molecule is CC(C)(C)OC(=O)N1CCC(c2ccc3[nH]c(=O)[nH]c3c2)C1.O=CC1=CCc2ccccc21.O=c1[nH]c2ccc(C3CCN(CC4=CCc5ccccc54)C3)cc2[nH]1.O=c1[nH]c2ccc(C3CCNC3)cc2[nH]1. The van der Waals surface area contributed by atoms with Gasteiger partial charge in [-0.1, -0.05) is 78.9 Å². The second-order valence-corrected chi connectivity index (χ2v) is 20.7.